The van der Waals surface area contributed by atoms with Gasteiger partial charge in [0.15, 0.2) is 0 Å². The van der Waals surface area contributed by atoms with Crippen LogP contribution in [0.15, 0.2) is 18.2 Å². The molecule has 5 nitrogen and oxygen atoms in total. The Balaban J connectivity index is 2.91. The molecule has 1 unspecified atom stereocenters. The van der Waals surface area contributed by atoms with Gasteiger partial charge in [-0.3, -0.25) is 10.1 Å². The largest absolute Gasteiger partial charge is 0.381 e. The van der Waals surface area contributed by atoms with E-state index in [0.29, 0.717) is 12.1 Å². The highest BCUT2D eigenvalue weighted by Crippen LogP contribution is 2.25. The second kappa shape index (κ2) is 6.20. The molecule has 17 heavy (non-hydrogen) atoms. The lowest BCUT2D eigenvalue weighted by Gasteiger charge is -2.18. The van der Waals surface area contributed by atoms with E-state index in [2.05, 4.69) is 12.2 Å². The molecule has 3 N–H and O–H groups in total. The van der Waals surface area contributed by atoms with E-state index >= 15 is 0 Å². The van der Waals surface area contributed by atoms with Crippen molar-refractivity contribution in [3.8, 4) is 0 Å². The first-order chi connectivity index (χ1) is 8.10. The first kappa shape index (κ1) is 13.4. The molecule has 0 aromatic heterocycles. The number of rotatable bonds is 6. The van der Waals surface area contributed by atoms with E-state index in [1.54, 1.807) is 13.0 Å². The highest BCUT2D eigenvalue weighted by Gasteiger charge is 2.14. The van der Waals surface area contributed by atoms with Crippen molar-refractivity contribution in [2.24, 2.45) is 5.73 Å². The molecule has 0 fully saturated rings. The molecule has 0 radical (unpaired) electrons. The number of anilines is 1. The number of nitro groups is 1. The quantitative estimate of drug-likeness (QED) is 0.588. The van der Waals surface area contributed by atoms with E-state index in [0.717, 1.165) is 18.5 Å². The zero-order chi connectivity index (χ0) is 12.8. The first-order valence-electron chi connectivity index (χ1n) is 5.80. The van der Waals surface area contributed by atoms with E-state index in [-0.39, 0.29) is 16.7 Å². The lowest BCUT2D eigenvalue weighted by atomic mass is 10.1. The summed E-state index contributed by atoms with van der Waals surface area (Å²) in [6, 6.07) is 5.21. The topological polar surface area (TPSA) is 81.2 Å². The molecule has 94 valence electrons. The van der Waals surface area contributed by atoms with Crippen molar-refractivity contribution in [2.45, 2.75) is 32.7 Å². The van der Waals surface area contributed by atoms with Gasteiger partial charge < -0.3 is 11.1 Å². The molecule has 0 aliphatic rings. The SMILES string of the molecule is CCCC(CN)Nc1cccc([N+](=O)[O-])c1C. The Morgan fingerprint density at radius 2 is 2.24 bits per heavy atom. The zero-order valence-corrected chi connectivity index (χ0v) is 10.3. The van der Waals surface area contributed by atoms with Crippen LogP contribution in [-0.2, 0) is 0 Å². The number of nitrogens with two attached hydrogens (primary N) is 1. The molecule has 0 saturated heterocycles. The van der Waals surface area contributed by atoms with Crippen LogP contribution in [0.4, 0.5) is 11.4 Å². The van der Waals surface area contributed by atoms with Crippen molar-refractivity contribution in [1.82, 2.24) is 0 Å². The minimum absolute atomic E-state index is 0.141. The van der Waals surface area contributed by atoms with E-state index in [9.17, 15) is 10.1 Å². The fourth-order valence-electron chi connectivity index (χ4n) is 1.79. The maximum Gasteiger partial charge on any atom is 0.274 e. The molecule has 0 heterocycles. The molecule has 1 rings (SSSR count). The Labute approximate surface area is 101 Å². The van der Waals surface area contributed by atoms with Crippen LogP contribution in [0.5, 0.6) is 0 Å². The summed E-state index contributed by atoms with van der Waals surface area (Å²) < 4.78 is 0. The third kappa shape index (κ3) is 3.42. The third-order valence-electron chi connectivity index (χ3n) is 2.78. The van der Waals surface area contributed by atoms with E-state index in [1.165, 1.54) is 6.07 Å². The Kier molecular flexibility index (Phi) is 4.90. The summed E-state index contributed by atoms with van der Waals surface area (Å²) in [6.07, 6.45) is 1.99. The highest BCUT2D eigenvalue weighted by molar-refractivity contribution is 5.60. The van der Waals surface area contributed by atoms with Gasteiger partial charge in [0.05, 0.1) is 4.92 Å². The Morgan fingerprint density at radius 3 is 2.76 bits per heavy atom. The van der Waals surface area contributed by atoms with Gasteiger partial charge >= 0.3 is 0 Å². The van der Waals surface area contributed by atoms with Crippen LogP contribution < -0.4 is 11.1 Å². The maximum absolute atomic E-state index is 10.8. The van der Waals surface area contributed by atoms with Crippen LogP contribution in [0.3, 0.4) is 0 Å². The van der Waals surface area contributed by atoms with Gasteiger partial charge in [-0.1, -0.05) is 19.4 Å². The molecule has 0 aliphatic carbocycles. The second-order valence-electron chi connectivity index (χ2n) is 4.07. The summed E-state index contributed by atoms with van der Waals surface area (Å²) in [5.41, 5.74) is 7.25. The van der Waals surface area contributed by atoms with Gasteiger partial charge in [-0.25, -0.2) is 0 Å². The molecule has 1 aromatic rings. The van der Waals surface area contributed by atoms with Crippen LogP contribution in [0, 0.1) is 17.0 Å². The Bertz CT molecular complexity index is 393. The standard InChI is InChI=1S/C12H19N3O2/c1-3-5-10(8-13)14-11-6-4-7-12(9(11)2)15(16)17/h4,6-7,10,14H,3,5,8,13H2,1-2H3. The number of benzene rings is 1. The number of nitro benzene ring substituents is 1. The predicted molar refractivity (Wildman–Crippen MR) is 69.2 cm³/mol. The van der Waals surface area contributed by atoms with Gasteiger partial charge in [-0.05, 0) is 19.4 Å². The van der Waals surface area contributed by atoms with Crippen LogP contribution >= 0.6 is 0 Å². The first-order valence-corrected chi connectivity index (χ1v) is 5.80. The third-order valence-corrected chi connectivity index (χ3v) is 2.78. The van der Waals surface area contributed by atoms with Crippen molar-refractivity contribution in [3.05, 3.63) is 33.9 Å². The molecule has 1 aromatic carbocycles. The Morgan fingerprint density at radius 1 is 1.53 bits per heavy atom. The number of nitrogens with one attached hydrogen (secondary N) is 1. The molecular weight excluding hydrogens is 218 g/mol. The monoisotopic (exact) mass is 237 g/mol. The minimum atomic E-state index is -0.363. The van der Waals surface area contributed by atoms with Crippen LogP contribution in [-0.4, -0.2) is 17.5 Å². The van der Waals surface area contributed by atoms with Crippen molar-refractivity contribution < 1.29 is 4.92 Å². The minimum Gasteiger partial charge on any atom is -0.381 e. The summed E-state index contributed by atoms with van der Waals surface area (Å²) in [5.74, 6) is 0. The van der Waals surface area contributed by atoms with E-state index in [4.69, 9.17) is 5.73 Å². The van der Waals surface area contributed by atoms with Gasteiger partial charge in [0.2, 0.25) is 0 Å². The highest BCUT2D eigenvalue weighted by atomic mass is 16.6. The predicted octanol–water partition coefficient (Wildman–Crippen LogP) is 2.44. The molecule has 0 spiro atoms. The fraction of sp³-hybridized carbons (Fsp3) is 0.500. The molecule has 5 heteroatoms. The van der Waals surface area contributed by atoms with E-state index < -0.39 is 0 Å². The Hall–Kier alpha value is -1.62. The van der Waals surface area contributed by atoms with Gasteiger partial charge in [0, 0.05) is 29.9 Å². The van der Waals surface area contributed by atoms with Crippen molar-refractivity contribution >= 4 is 11.4 Å². The fourth-order valence-corrected chi connectivity index (χ4v) is 1.79. The maximum atomic E-state index is 10.8. The number of hydrogen-bond donors (Lipinski definition) is 2. The molecule has 0 saturated carbocycles. The van der Waals surface area contributed by atoms with Crippen LogP contribution in [0.1, 0.15) is 25.3 Å². The summed E-state index contributed by atoms with van der Waals surface area (Å²) in [6.45, 7) is 4.36. The molecule has 1 atom stereocenters. The normalized spacial score (nSPS) is 12.2. The van der Waals surface area contributed by atoms with Crippen LogP contribution in [0.25, 0.3) is 0 Å². The summed E-state index contributed by atoms with van der Waals surface area (Å²) >= 11 is 0. The zero-order valence-electron chi connectivity index (χ0n) is 10.3. The van der Waals surface area contributed by atoms with Crippen molar-refractivity contribution in [3.63, 3.8) is 0 Å². The number of hydrogen-bond acceptors (Lipinski definition) is 4. The number of nitrogens with zero attached hydrogens (tertiary/aromatic N) is 1. The second-order valence-corrected chi connectivity index (χ2v) is 4.07. The van der Waals surface area contributed by atoms with Crippen LogP contribution in [0.2, 0.25) is 0 Å². The molecule has 0 aliphatic heterocycles. The molecular formula is C12H19N3O2. The average Bonchev–Trinajstić information content (AvgIpc) is 2.30. The lowest BCUT2D eigenvalue weighted by molar-refractivity contribution is -0.385. The molecule has 0 amide bonds. The summed E-state index contributed by atoms with van der Waals surface area (Å²) in [5, 5.41) is 14.1. The summed E-state index contributed by atoms with van der Waals surface area (Å²) in [7, 11) is 0. The van der Waals surface area contributed by atoms with E-state index in [1.807, 2.05) is 6.07 Å². The van der Waals surface area contributed by atoms with Crippen molar-refractivity contribution in [2.75, 3.05) is 11.9 Å². The van der Waals surface area contributed by atoms with Gasteiger partial charge in [0.1, 0.15) is 0 Å². The average molecular weight is 237 g/mol. The smallest absolute Gasteiger partial charge is 0.274 e. The van der Waals surface area contributed by atoms with Gasteiger partial charge in [-0.2, -0.15) is 0 Å². The summed E-state index contributed by atoms with van der Waals surface area (Å²) in [4.78, 5) is 10.4. The lowest BCUT2D eigenvalue weighted by Crippen LogP contribution is -2.28. The molecule has 0 bridgehead atoms. The van der Waals surface area contributed by atoms with Gasteiger partial charge in [0.25, 0.3) is 5.69 Å². The van der Waals surface area contributed by atoms with Gasteiger partial charge in [-0.15, -0.1) is 0 Å². The van der Waals surface area contributed by atoms with Crippen molar-refractivity contribution in [1.29, 1.82) is 0 Å².